The predicted octanol–water partition coefficient (Wildman–Crippen LogP) is 14.2. The third kappa shape index (κ3) is 4.75. The van der Waals surface area contributed by atoms with E-state index in [9.17, 15) is 0 Å². The molecular weight excluding hydrogens is 593 g/mol. The van der Waals surface area contributed by atoms with E-state index in [0.717, 1.165) is 29.4 Å². The lowest BCUT2D eigenvalue weighted by molar-refractivity contribution is 0.669. The molecule has 0 bridgehead atoms. The summed E-state index contributed by atoms with van der Waals surface area (Å²) in [5.41, 5.74) is 9.79. The van der Waals surface area contributed by atoms with E-state index in [2.05, 4.69) is 147 Å². The molecule has 0 aliphatic heterocycles. The summed E-state index contributed by atoms with van der Waals surface area (Å²) in [6.45, 7) is 4.56. The molecule has 9 rings (SSSR count). The normalized spacial score (nSPS) is 12.0. The van der Waals surface area contributed by atoms with Gasteiger partial charge in [-0.15, -0.1) is 0 Å². The third-order valence-electron chi connectivity index (χ3n) is 10.7. The third-order valence-corrected chi connectivity index (χ3v) is 10.7. The Morgan fingerprint density at radius 2 is 0.878 bits per heavy atom. The van der Waals surface area contributed by atoms with Crippen molar-refractivity contribution in [3.63, 3.8) is 0 Å². The van der Waals surface area contributed by atoms with Gasteiger partial charge in [0.15, 0.2) is 0 Å². The molecule has 49 heavy (non-hydrogen) atoms. The van der Waals surface area contributed by atoms with Gasteiger partial charge in [0, 0.05) is 10.8 Å². The first-order valence-corrected chi connectivity index (χ1v) is 18.1. The molecule has 1 aromatic heterocycles. The van der Waals surface area contributed by atoms with Crippen molar-refractivity contribution >= 4 is 65.0 Å². The van der Waals surface area contributed by atoms with Crippen LogP contribution in [0.3, 0.4) is 0 Å². The van der Waals surface area contributed by atoms with E-state index in [1.54, 1.807) is 0 Å². The fraction of sp³-hybridized carbons (Fsp3) is 0.167. The first-order chi connectivity index (χ1) is 24.3. The van der Waals surface area contributed by atoms with E-state index >= 15 is 0 Å². The number of unbranched alkanes of at least 4 members (excludes halogenated alkanes) is 2. The molecule has 1 nitrogen and oxygen atoms in total. The average Bonchev–Trinajstić information content (AvgIpc) is 3.53. The number of furan rings is 1. The van der Waals surface area contributed by atoms with Gasteiger partial charge in [-0.25, -0.2) is 0 Å². The Labute approximate surface area is 287 Å². The highest BCUT2D eigenvalue weighted by Crippen LogP contribution is 2.46. The van der Waals surface area contributed by atoms with E-state index in [0.29, 0.717) is 0 Å². The zero-order chi connectivity index (χ0) is 32.9. The molecule has 8 aromatic carbocycles. The largest absolute Gasteiger partial charge is 0.456 e. The summed E-state index contributed by atoms with van der Waals surface area (Å²) in [6.07, 6.45) is 6.91. The Kier molecular flexibility index (Phi) is 7.42. The fourth-order valence-electron chi connectivity index (χ4n) is 8.47. The maximum atomic E-state index is 6.78. The van der Waals surface area contributed by atoms with Crippen LogP contribution in [-0.4, -0.2) is 0 Å². The fourth-order valence-corrected chi connectivity index (χ4v) is 8.47. The molecule has 0 spiro atoms. The van der Waals surface area contributed by atoms with Crippen molar-refractivity contribution in [1.82, 2.24) is 0 Å². The minimum atomic E-state index is 0.927. The molecule has 9 aromatic rings. The first-order valence-electron chi connectivity index (χ1n) is 18.1. The molecule has 0 aliphatic carbocycles. The van der Waals surface area contributed by atoms with Crippen molar-refractivity contribution in [2.24, 2.45) is 0 Å². The lowest BCUT2D eigenvalue weighted by atomic mass is 9.85. The monoisotopic (exact) mass is 632 g/mol. The van der Waals surface area contributed by atoms with Gasteiger partial charge in [0.05, 0.1) is 0 Å². The molecule has 0 unspecified atom stereocenters. The van der Waals surface area contributed by atoms with Gasteiger partial charge in [0.1, 0.15) is 11.2 Å². The Morgan fingerprint density at radius 1 is 0.408 bits per heavy atom. The lowest BCUT2D eigenvalue weighted by Crippen LogP contribution is -1.94. The molecule has 0 fully saturated rings. The van der Waals surface area contributed by atoms with Crippen LogP contribution < -0.4 is 0 Å². The van der Waals surface area contributed by atoms with Crippen LogP contribution in [0.2, 0.25) is 0 Å². The Bertz CT molecular complexity index is 2570. The first kappa shape index (κ1) is 29.7. The van der Waals surface area contributed by atoms with E-state index in [-0.39, 0.29) is 0 Å². The van der Waals surface area contributed by atoms with E-state index < -0.39 is 0 Å². The summed E-state index contributed by atoms with van der Waals surface area (Å²) in [7, 11) is 0. The second-order valence-corrected chi connectivity index (χ2v) is 13.6. The topological polar surface area (TPSA) is 13.1 Å². The van der Waals surface area contributed by atoms with Crippen LogP contribution >= 0.6 is 0 Å². The summed E-state index contributed by atoms with van der Waals surface area (Å²) >= 11 is 0. The number of benzene rings is 8. The van der Waals surface area contributed by atoms with Crippen molar-refractivity contribution in [2.75, 3.05) is 0 Å². The zero-order valence-electron chi connectivity index (χ0n) is 28.4. The van der Waals surface area contributed by atoms with E-state index in [1.807, 2.05) is 0 Å². The molecule has 0 saturated heterocycles. The van der Waals surface area contributed by atoms with Gasteiger partial charge >= 0.3 is 0 Å². The maximum Gasteiger partial charge on any atom is 0.136 e. The number of fused-ring (bicyclic) bond motifs is 7. The molecular formula is C48H40O. The standard InChI is InChI=1S/C48H40O/c1-3-5-16-32-34-18-7-11-22-38(34)46(39-23-12-8-19-35(32)39)31-28-29-42-45(30-31)49-44-27-15-26-43(48(42)44)47-40-24-13-9-20-36(40)33(17-6-4-2)37-21-10-14-25-41(37)47/h7-15,18-30H,3-6,16-17H2,1-2H3. The van der Waals surface area contributed by atoms with Crippen molar-refractivity contribution in [3.05, 3.63) is 145 Å². The summed E-state index contributed by atoms with van der Waals surface area (Å²) in [4.78, 5) is 0. The van der Waals surface area contributed by atoms with Gasteiger partial charge in [0.2, 0.25) is 0 Å². The van der Waals surface area contributed by atoms with Gasteiger partial charge in [0.25, 0.3) is 0 Å². The van der Waals surface area contributed by atoms with Crippen LogP contribution in [0.15, 0.2) is 138 Å². The summed E-state index contributed by atoms with van der Waals surface area (Å²) in [6, 6.07) is 49.4. The number of rotatable bonds is 8. The highest BCUT2D eigenvalue weighted by atomic mass is 16.3. The molecule has 0 amide bonds. The number of aryl methyl sites for hydroxylation is 2. The van der Waals surface area contributed by atoms with Crippen LogP contribution in [0.4, 0.5) is 0 Å². The molecule has 0 radical (unpaired) electrons. The van der Waals surface area contributed by atoms with E-state index in [4.69, 9.17) is 4.42 Å². The molecule has 1 heterocycles. The van der Waals surface area contributed by atoms with Crippen molar-refractivity contribution in [1.29, 1.82) is 0 Å². The van der Waals surface area contributed by atoms with Gasteiger partial charge in [-0.1, -0.05) is 142 Å². The van der Waals surface area contributed by atoms with Crippen LogP contribution in [0.25, 0.3) is 87.3 Å². The Balaban J connectivity index is 1.30. The van der Waals surface area contributed by atoms with Crippen LogP contribution in [-0.2, 0) is 12.8 Å². The second-order valence-electron chi connectivity index (χ2n) is 13.6. The summed E-state index contributed by atoms with van der Waals surface area (Å²) in [5, 5.41) is 13.0. The van der Waals surface area contributed by atoms with Gasteiger partial charge < -0.3 is 4.42 Å². The molecule has 1 heteroatoms. The molecule has 0 N–H and O–H groups in total. The molecule has 0 atom stereocenters. The van der Waals surface area contributed by atoms with Gasteiger partial charge in [-0.3, -0.25) is 0 Å². The van der Waals surface area contributed by atoms with Crippen molar-refractivity contribution in [3.8, 4) is 22.3 Å². The molecule has 0 aliphatic rings. The minimum absolute atomic E-state index is 0.927. The van der Waals surface area contributed by atoms with Crippen LogP contribution in [0, 0.1) is 0 Å². The Hall–Kier alpha value is -5.40. The van der Waals surface area contributed by atoms with E-state index in [1.165, 1.54) is 108 Å². The number of hydrogen-bond donors (Lipinski definition) is 0. The predicted molar refractivity (Wildman–Crippen MR) is 212 cm³/mol. The highest BCUT2D eigenvalue weighted by molar-refractivity contribution is 6.23. The quantitative estimate of drug-likeness (QED) is 0.152. The summed E-state index contributed by atoms with van der Waals surface area (Å²) in [5.74, 6) is 0. The highest BCUT2D eigenvalue weighted by Gasteiger charge is 2.21. The van der Waals surface area contributed by atoms with Crippen LogP contribution in [0.5, 0.6) is 0 Å². The molecule has 0 saturated carbocycles. The van der Waals surface area contributed by atoms with Crippen molar-refractivity contribution in [2.45, 2.75) is 52.4 Å². The maximum absolute atomic E-state index is 6.78. The SMILES string of the molecule is CCCCc1c2ccccc2c(-c2ccc3c(c2)oc2cccc(-c4c5ccccc5c(CCCC)c5ccccc45)c23)c2ccccc12. The lowest BCUT2D eigenvalue weighted by Gasteiger charge is -2.18. The minimum Gasteiger partial charge on any atom is -0.456 e. The average molecular weight is 633 g/mol. The smallest absolute Gasteiger partial charge is 0.136 e. The molecule has 238 valence electrons. The Morgan fingerprint density at radius 3 is 1.37 bits per heavy atom. The van der Waals surface area contributed by atoms with Gasteiger partial charge in [-0.05, 0) is 120 Å². The zero-order valence-corrected chi connectivity index (χ0v) is 28.4. The van der Waals surface area contributed by atoms with Crippen LogP contribution in [0.1, 0.15) is 50.7 Å². The van der Waals surface area contributed by atoms with Crippen molar-refractivity contribution < 1.29 is 4.42 Å². The number of hydrogen-bond acceptors (Lipinski definition) is 1. The second kappa shape index (κ2) is 12.2. The van der Waals surface area contributed by atoms with Gasteiger partial charge in [-0.2, -0.15) is 0 Å². The summed E-state index contributed by atoms with van der Waals surface area (Å²) < 4.78 is 6.78.